The number of halogens is 2. The number of rotatable bonds is 6. The monoisotopic (exact) mass is 302 g/mol. The lowest BCUT2D eigenvalue weighted by molar-refractivity contribution is 0.0979. The molecule has 0 N–H and O–H groups in total. The van der Waals surface area contributed by atoms with E-state index in [1.165, 1.54) is 0 Å². The van der Waals surface area contributed by atoms with Crippen LogP contribution in [0.3, 0.4) is 0 Å². The van der Waals surface area contributed by atoms with E-state index >= 15 is 0 Å². The largest absolute Gasteiger partial charge is 0.294 e. The van der Waals surface area contributed by atoms with E-state index in [2.05, 4.69) is 15.9 Å². The molecular weight excluding hydrogens is 287 g/mol. The lowest BCUT2D eigenvalue weighted by atomic mass is 10.0. The minimum absolute atomic E-state index is 0.203. The molecule has 0 amide bonds. The maximum atomic E-state index is 11.9. The average Bonchev–Trinajstić information content (AvgIpc) is 2.27. The molecule has 1 rings (SSSR count). The topological polar surface area (TPSA) is 17.1 Å². The van der Waals surface area contributed by atoms with Gasteiger partial charge in [0.25, 0.3) is 0 Å². The van der Waals surface area contributed by atoms with Gasteiger partial charge in [-0.3, -0.25) is 4.79 Å². The predicted molar refractivity (Wildman–Crippen MR) is 72.8 cm³/mol. The number of carbonyl (C=O) groups excluding carboxylic acids is 1. The van der Waals surface area contributed by atoms with E-state index in [1.807, 2.05) is 19.1 Å². The second-order valence-corrected chi connectivity index (χ2v) is 5.11. The Bertz CT molecular complexity index is 363. The molecule has 0 bridgehead atoms. The van der Waals surface area contributed by atoms with Crippen LogP contribution < -0.4 is 0 Å². The van der Waals surface area contributed by atoms with Gasteiger partial charge in [-0.1, -0.05) is 40.0 Å². The van der Waals surface area contributed by atoms with Crippen LogP contribution in [0.25, 0.3) is 0 Å². The molecule has 0 aromatic heterocycles. The fourth-order valence-electron chi connectivity index (χ4n) is 1.59. The summed E-state index contributed by atoms with van der Waals surface area (Å²) in [4.78, 5) is 11.9. The zero-order valence-electron chi connectivity index (χ0n) is 9.43. The van der Waals surface area contributed by atoms with Crippen molar-refractivity contribution in [3.63, 3.8) is 0 Å². The van der Waals surface area contributed by atoms with Gasteiger partial charge >= 0.3 is 0 Å². The average molecular weight is 304 g/mol. The molecule has 3 heteroatoms. The third-order valence-electron chi connectivity index (χ3n) is 2.54. The molecule has 16 heavy (non-hydrogen) atoms. The first-order chi connectivity index (χ1) is 7.65. The van der Waals surface area contributed by atoms with E-state index < -0.39 is 0 Å². The Morgan fingerprint density at radius 1 is 1.31 bits per heavy atom. The summed E-state index contributed by atoms with van der Waals surface area (Å²) in [6, 6.07) is 5.48. The number of ketones is 1. The third kappa shape index (κ3) is 4.26. The summed E-state index contributed by atoms with van der Waals surface area (Å²) in [5.74, 6) is 0.203. The molecule has 1 nitrogen and oxygen atoms in total. The molecule has 88 valence electrons. The molecular formula is C13H16BrClO. The number of benzene rings is 1. The van der Waals surface area contributed by atoms with Crippen LogP contribution in [0.1, 0.15) is 41.6 Å². The molecule has 1 aromatic rings. The summed E-state index contributed by atoms with van der Waals surface area (Å²) in [6.45, 7) is 1.95. The SMILES string of the molecule is Cc1ccc(Cl)cc1C(=O)CCCCCBr. The number of hydrogen-bond acceptors (Lipinski definition) is 1. The number of carbonyl (C=O) groups is 1. The number of aryl methyl sites for hydroxylation is 1. The second kappa shape index (κ2) is 7.08. The minimum atomic E-state index is 0.203. The van der Waals surface area contributed by atoms with Crippen molar-refractivity contribution in [1.29, 1.82) is 0 Å². The highest BCUT2D eigenvalue weighted by Crippen LogP contribution is 2.18. The Hall–Kier alpha value is -0.340. The summed E-state index contributed by atoms with van der Waals surface area (Å²) in [7, 11) is 0. The van der Waals surface area contributed by atoms with Gasteiger partial charge in [-0.25, -0.2) is 0 Å². The van der Waals surface area contributed by atoms with Crippen LogP contribution in [-0.4, -0.2) is 11.1 Å². The molecule has 0 heterocycles. The Morgan fingerprint density at radius 3 is 2.75 bits per heavy atom. The number of alkyl halides is 1. The van der Waals surface area contributed by atoms with Gasteiger partial charge in [0.2, 0.25) is 0 Å². The molecule has 0 radical (unpaired) electrons. The first kappa shape index (κ1) is 13.7. The second-order valence-electron chi connectivity index (χ2n) is 3.88. The van der Waals surface area contributed by atoms with Gasteiger partial charge in [0.15, 0.2) is 5.78 Å². The molecule has 0 saturated heterocycles. The maximum absolute atomic E-state index is 11.9. The van der Waals surface area contributed by atoms with E-state index in [9.17, 15) is 4.79 Å². The van der Waals surface area contributed by atoms with E-state index in [0.717, 1.165) is 35.7 Å². The van der Waals surface area contributed by atoms with Gasteiger partial charge in [-0.15, -0.1) is 0 Å². The highest BCUT2D eigenvalue weighted by molar-refractivity contribution is 9.09. The number of Topliss-reactive ketones (excluding diaryl/α,β-unsaturated/α-hetero) is 1. The molecule has 0 aliphatic carbocycles. The summed E-state index contributed by atoms with van der Waals surface area (Å²) >= 11 is 9.27. The van der Waals surface area contributed by atoms with E-state index in [0.29, 0.717) is 11.4 Å². The van der Waals surface area contributed by atoms with Gasteiger partial charge in [-0.2, -0.15) is 0 Å². The van der Waals surface area contributed by atoms with Crippen LogP contribution >= 0.6 is 27.5 Å². The van der Waals surface area contributed by atoms with Crippen molar-refractivity contribution >= 4 is 33.3 Å². The van der Waals surface area contributed by atoms with Crippen molar-refractivity contribution in [2.75, 3.05) is 5.33 Å². The van der Waals surface area contributed by atoms with Crippen LogP contribution in [0.15, 0.2) is 18.2 Å². The highest BCUT2D eigenvalue weighted by atomic mass is 79.9. The highest BCUT2D eigenvalue weighted by Gasteiger charge is 2.09. The van der Waals surface area contributed by atoms with Crippen LogP contribution in [0.4, 0.5) is 0 Å². The van der Waals surface area contributed by atoms with E-state index in [4.69, 9.17) is 11.6 Å². The van der Waals surface area contributed by atoms with Gasteiger partial charge in [-0.05, 0) is 37.5 Å². The van der Waals surface area contributed by atoms with E-state index in [1.54, 1.807) is 6.07 Å². The molecule has 1 aromatic carbocycles. The van der Waals surface area contributed by atoms with Crippen LogP contribution in [0.2, 0.25) is 5.02 Å². The molecule has 0 atom stereocenters. The van der Waals surface area contributed by atoms with Crippen molar-refractivity contribution in [3.8, 4) is 0 Å². The standard InChI is InChI=1S/C13H16BrClO/c1-10-6-7-11(15)9-12(10)13(16)5-3-2-4-8-14/h6-7,9H,2-5,8H2,1H3. The quantitative estimate of drug-likeness (QED) is 0.420. The van der Waals surface area contributed by atoms with Crippen molar-refractivity contribution < 1.29 is 4.79 Å². The third-order valence-corrected chi connectivity index (χ3v) is 3.33. The lowest BCUT2D eigenvalue weighted by Gasteiger charge is -2.05. The Balaban J connectivity index is 2.55. The van der Waals surface area contributed by atoms with Crippen molar-refractivity contribution in [1.82, 2.24) is 0 Å². The predicted octanol–water partition coefficient (Wildman–Crippen LogP) is 4.79. The Kier molecular flexibility index (Phi) is 6.07. The zero-order valence-corrected chi connectivity index (χ0v) is 11.8. The lowest BCUT2D eigenvalue weighted by Crippen LogP contribution is -2.01. The molecule has 0 aliphatic heterocycles. The van der Waals surface area contributed by atoms with Crippen LogP contribution in [-0.2, 0) is 0 Å². The van der Waals surface area contributed by atoms with E-state index in [-0.39, 0.29) is 5.78 Å². The van der Waals surface area contributed by atoms with Crippen molar-refractivity contribution in [2.45, 2.75) is 32.6 Å². The molecule has 0 aliphatic rings. The summed E-state index contributed by atoms with van der Waals surface area (Å²) < 4.78 is 0. The normalized spacial score (nSPS) is 10.4. The maximum Gasteiger partial charge on any atom is 0.163 e. The molecule has 0 spiro atoms. The first-order valence-corrected chi connectivity index (χ1v) is 7.00. The summed E-state index contributed by atoms with van der Waals surface area (Å²) in [5.41, 5.74) is 1.78. The van der Waals surface area contributed by atoms with Gasteiger partial charge in [0.05, 0.1) is 0 Å². The summed E-state index contributed by atoms with van der Waals surface area (Å²) in [5, 5.41) is 1.65. The first-order valence-electron chi connectivity index (χ1n) is 5.50. The van der Waals surface area contributed by atoms with Crippen molar-refractivity contribution in [2.24, 2.45) is 0 Å². The van der Waals surface area contributed by atoms with Crippen molar-refractivity contribution in [3.05, 3.63) is 34.3 Å². The molecule has 0 fully saturated rings. The number of unbranched alkanes of at least 4 members (excludes halogenated alkanes) is 2. The van der Waals surface area contributed by atoms with Crippen LogP contribution in [0.5, 0.6) is 0 Å². The number of hydrogen-bond donors (Lipinski definition) is 0. The minimum Gasteiger partial charge on any atom is -0.294 e. The molecule has 0 unspecified atom stereocenters. The molecule has 0 saturated carbocycles. The smallest absolute Gasteiger partial charge is 0.163 e. The Labute approximate surface area is 110 Å². The fourth-order valence-corrected chi connectivity index (χ4v) is 2.15. The fraction of sp³-hybridized carbons (Fsp3) is 0.462. The van der Waals surface area contributed by atoms with Gasteiger partial charge in [0.1, 0.15) is 0 Å². The van der Waals surface area contributed by atoms with Gasteiger partial charge in [0, 0.05) is 22.3 Å². The summed E-state index contributed by atoms with van der Waals surface area (Å²) in [6.07, 6.45) is 3.79. The zero-order chi connectivity index (χ0) is 12.0. The van der Waals surface area contributed by atoms with Crippen LogP contribution in [0, 0.1) is 6.92 Å². The Morgan fingerprint density at radius 2 is 2.06 bits per heavy atom. The van der Waals surface area contributed by atoms with Gasteiger partial charge < -0.3 is 0 Å².